The van der Waals surface area contributed by atoms with Gasteiger partial charge < -0.3 is 24.4 Å². The van der Waals surface area contributed by atoms with E-state index in [2.05, 4.69) is 24.3 Å². The molecule has 1 aliphatic carbocycles. The van der Waals surface area contributed by atoms with Gasteiger partial charge in [0.1, 0.15) is 12.2 Å². The Morgan fingerprint density at radius 2 is 1.45 bits per heavy atom. The summed E-state index contributed by atoms with van der Waals surface area (Å²) in [5.41, 5.74) is 4.04. The molecule has 2 heterocycles. The van der Waals surface area contributed by atoms with E-state index in [9.17, 15) is 19.5 Å². The Hall–Kier alpha value is -3.55. The second-order valence-electron chi connectivity index (χ2n) is 11.6. The number of hydrogen-bond acceptors (Lipinski definition) is 5. The Labute approximate surface area is 223 Å². The summed E-state index contributed by atoms with van der Waals surface area (Å²) in [5, 5.41) is 9.94. The highest BCUT2D eigenvalue weighted by molar-refractivity contribution is 5.79. The van der Waals surface area contributed by atoms with Crippen LogP contribution in [0.4, 0.5) is 9.59 Å². The number of carbonyl (C=O) groups excluding carboxylic acids is 2. The summed E-state index contributed by atoms with van der Waals surface area (Å²) in [7, 11) is 0. The van der Waals surface area contributed by atoms with Crippen LogP contribution in [0.25, 0.3) is 11.1 Å². The van der Waals surface area contributed by atoms with Gasteiger partial charge in [-0.2, -0.15) is 0 Å². The van der Waals surface area contributed by atoms with Crippen LogP contribution < -0.4 is 0 Å². The Morgan fingerprint density at radius 3 is 2.00 bits per heavy atom. The lowest BCUT2D eigenvalue weighted by atomic mass is 9.78. The number of likely N-dealkylation sites (tertiary alicyclic amines) is 2. The van der Waals surface area contributed by atoms with Gasteiger partial charge in [0, 0.05) is 32.1 Å². The molecule has 8 nitrogen and oxygen atoms in total. The standard InChI is InChI=1S/C30H36N2O6/c1-30(2,3)38-29(36)31-14-12-19(13-15-31)24-16-32(17-25(24)27(33)34)28(35)37-18-26-22-10-6-4-8-20(22)21-9-5-7-11-23(21)26/h4-11,19,24-26H,12-18H2,1-3H3,(H,33,34). The second-order valence-corrected chi connectivity index (χ2v) is 11.6. The molecule has 2 amide bonds. The third-order valence-electron chi connectivity index (χ3n) is 8.07. The number of rotatable bonds is 4. The van der Waals surface area contributed by atoms with E-state index in [4.69, 9.17) is 9.47 Å². The van der Waals surface area contributed by atoms with E-state index in [-0.39, 0.29) is 37.0 Å². The molecule has 0 saturated carbocycles. The number of benzene rings is 2. The molecule has 2 aromatic carbocycles. The van der Waals surface area contributed by atoms with Crippen molar-refractivity contribution in [2.24, 2.45) is 17.8 Å². The van der Waals surface area contributed by atoms with Gasteiger partial charge in [-0.15, -0.1) is 0 Å². The Kier molecular flexibility index (Phi) is 7.07. The van der Waals surface area contributed by atoms with Gasteiger partial charge in [0.05, 0.1) is 5.92 Å². The number of piperidine rings is 1. The zero-order valence-corrected chi connectivity index (χ0v) is 22.3. The summed E-state index contributed by atoms with van der Waals surface area (Å²) in [6.45, 7) is 7.26. The number of aliphatic carboxylic acids is 1. The van der Waals surface area contributed by atoms with Crippen molar-refractivity contribution in [3.8, 4) is 11.1 Å². The summed E-state index contributed by atoms with van der Waals surface area (Å²) in [6, 6.07) is 16.3. The number of fused-ring (bicyclic) bond motifs is 3. The lowest BCUT2D eigenvalue weighted by Gasteiger charge is -2.36. The van der Waals surface area contributed by atoms with Crippen LogP contribution in [-0.4, -0.2) is 71.4 Å². The highest BCUT2D eigenvalue weighted by Gasteiger charge is 2.45. The average Bonchev–Trinajstić information content (AvgIpc) is 3.47. The van der Waals surface area contributed by atoms with E-state index in [0.717, 1.165) is 22.3 Å². The molecule has 2 fully saturated rings. The van der Waals surface area contributed by atoms with E-state index >= 15 is 0 Å². The molecule has 8 heteroatoms. The van der Waals surface area contributed by atoms with Crippen LogP contribution in [0.1, 0.15) is 50.7 Å². The molecule has 2 atom stereocenters. The fraction of sp³-hybridized carbons (Fsp3) is 0.500. The van der Waals surface area contributed by atoms with Gasteiger partial charge >= 0.3 is 18.2 Å². The van der Waals surface area contributed by atoms with Crippen molar-refractivity contribution in [3.05, 3.63) is 59.7 Å². The van der Waals surface area contributed by atoms with Crippen LogP contribution in [0.15, 0.2) is 48.5 Å². The minimum atomic E-state index is -0.890. The number of amides is 2. The van der Waals surface area contributed by atoms with Gasteiger partial charge in [-0.25, -0.2) is 9.59 Å². The Bertz CT molecular complexity index is 1170. The number of ether oxygens (including phenoxy) is 2. The number of carboxylic acids is 1. The molecule has 0 spiro atoms. The highest BCUT2D eigenvalue weighted by Crippen LogP contribution is 2.44. The molecule has 5 rings (SSSR count). The molecule has 0 bridgehead atoms. The summed E-state index contributed by atoms with van der Waals surface area (Å²) >= 11 is 0. The SMILES string of the molecule is CC(C)(C)OC(=O)N1CCC(C2CN(C(=O)OCC3c4ccccc4-c4ccccc43)CC2C(=O)O)CC1. The van der Waals surface area contributed by atoms with Gasteiger partial charge in [-0.05, 0) is 67.7 Å². The average molecular weight is 521 g/mol. The van der Waals surface area contributed by atoms with Gasteiger partial charge in [-0.1, -0.05) is 48.5 Å². The zero-order chi connectivity index (χ0) is 27.0. The zero-order valence-electron chi connectivity index (χ0n) is 22.3. The topological polar surface area (TPSA) is 96.4 Å². The molecule has 0 aromatic heterocycles. The maximum absolute atomic E-state index is 13.1. The predicted molar refractivity (Wildman–Crippen MR) is 142 cm³/mol. The monoisotopic (exact) mass is 520 g/mol. The molecule has 202 valence electrons. The fourth-order valence-electron chi connectivity index (χ4n) is 6.24. The minimum Gasteiger partial charge on any atom is -0.481 e. The quantitative estimate of drug-likeness (QED) is 0.594. The minimum absolute atomic E-state index is 0.0443. The van der Waals surface area contributed by atoms with Gasteiger partial charge in [-0.3, -0.25) is 4.79 Å². The van der Waals surface area contributed by atoms with Gasteiger partial charge in [0.15, 0.2) is 0 Å². The van der Waals surface area contributed by atoms with Crippen molar-refractivity contribution < 1.29 is 29.0 Å². The second kappa shape index (κ2) is 10.3. The third-order valence-corrected chi connectivity index (χ3v) is 8.07. The van der Waals surface area contributed by atoms with Crippen molar-refractivity contribution in [2.75, 3.05) is 32.8 Å². The smallest absolute Gasteiger partial charge is 0.410 e. The fourth-order valence-corrected chi connectivity index (χ4v) is 6.24. The molecule has 0 radical (unpaired) electrons. The van der Waals surface area contributed by atoms with Crippen molar-refractivity contribution in [1.82, 2.24) is 9.80 Å². The molecular formula is C30H36N2O6. The molecule has 2 saturated heterocycles. The maximum Gasteiger partial charge on any atom is 0.410 e. The van der Waals surface area contributed by atoms with Crippen LogP contribution in [0.3, 0.4) is 0 Å². The maximum atomic E-state index is 13.1. The lowest BCUT2D eigenvalue weighted by molar-refractivity contribution is -0.143. The van der Waals surface area contributed by atoms with Crippen LogP contribution in [0.2, 0.25) is 0 Å². The van der Waals surface area contributed by atoms with E-state index < -0.39 is 23.6 Å². The lowest BCUT2D eigenvalue weighted by Crippen LogP contribution is -2.44. The summed E-state index contributed by atoms with van der Waals surface area (Å²) in [6.07, 6.45) is 0.572. The number of nitrogens with zero attached hydrogens (tertiary/aromatic N) is 2. The Morgan fingerprint density at radius 1 is 0.868 bits per heavy atom. The predicted octanol–water partition coefficient (Wildman–Crippen LogP) is 5.22. The molecule has 2 aromatic rings. The summed E-state index contributed by atoms with van der Waals surface area (Å²) in [4.78, 5) is 40.9. The first kappa shape index (κ1) is 26.1. The van der Waals surface area contributed by atoms with E-state index in [1.54, 1.807) is 9.80 Å². The molecule has 3 aliphatic rings. The van der Waals surface area contributed by atoms with Crippen molar-refractivity contribution in [2.45, 2.75) is 45.1 Å². The highest BCUT2D eigenvalue weighted by atomic mass is 16.6. The van der Waals surface area contributed by atoms with Crippen molar-refractivity contribution in [3.63, 3.8) is 0 Å². The number of carbonyl (C=O) groups is 3. The van der Waals surface area contributed by atoms with Crippen molar-refractivity contribution >= 4 is 18.2 Å². The van der Waals surface area contributed by atoms with E-state index in [1.807, 2.05) is 45.0 Å². The largest absolute Gasteiger partial charge is 0.481 e. The van der Waals surface area contributed by atoms with Gasteiger partial charge in [0.2, 0.25) is 0 Å². The summed E-state index contributed by atoms with van der Waals surface area (Å²) < 4.78 is 11.3. The van der Waals surface area contributed by atoms with Gasteiger partial charge in [0.25, 0.3) is 0 Å². The van der Waals surface area contributed by atoms with Crippen LogP contribution in [0.5, 0.6) is 0 Å². The number of hydrogen-bond donors (Lipinski definition) is 1. The molecular weight excluding hydrogens is 484 g/mol. The van der Waals surface area contributed by atoms with E-state index in [0.29, 0.717) is 32.5 Å². The first-order chi connectivity index (χ1) is 18.1. The normalized spacial score (nSPS) is 21.7. The van der Waals surface area contributed by atoms with Crippen LogP contribution in [0, 0.1) is 17.8 Å². The summed E-state index contributed by atoms with van der Waals surface area (Å²) in [5.74, 6) is -1.64. The first-order valence-corrected chi connectivity index (χ1v) is 13.4. The molecule has 1 N–H and O–H groups in total. The molecule has 2 unspecified atom stereocenters. The van der Waals surface area contributed by atoms with E-state index in [1.165, 1.54) is 0 Å². The van der Waals surface area contributed by atoms with Crippen LogP contribution in [-0.2, 0) is 14.3 Å². The van der Waals surface area contributed by atoms with Crippen molar-refractivity contribution in [1.29, 1.82) is 0 Å². The molecule has 2 aliphatic heterocycles. The number of carboxylic acid groups (broad SMARTS) is 1. The molecule has 38 heavy (non-hydrogen) atoms. The van der Waals surface area contributed by atoms with Crippen LogP contribution >= 0.6 is 0 Å². The first-order valence-electron chi connectivity index (χ1n) is 13.4. The Balaban J connectivity index is 1.21. The third kappa shape index (κ3) is 5.22.